The molecule has 2 heterocycles. The van der Waals surface area contributed by atoms with Gasteiger partial charge in [0.2, 0.25) is 11.7 Å². The van der Waals surface area contributed by atoms with Crippen LogP contribution in [0.15, 0.2) is 76.5 Å². The molecule has 2 aromatic carbocycles. The molecule has 4 rings (SSSR count). The van der Waals surface area contributed by atoms with E-state index in [0.29, 0.717) is 16.7 Å². The number of benzene rings is 2. The molecular weight excluding hydrogens is 384 g/mol. The molecule has 29 heavy (non-hydrogen) atoms. The molecule has 1 amide bonds. The maximum absolute atomic E-state index is 12.5. The van der Waals surface area contributed by atoms with Crippen molar-refractivity contribution < 1.29 is 9.21 Å². The third kappa shape index (κ3) is 4.09. The van der Waals surface area contributed by atoms with Crippen molar-refractivity contribution >= 4 is 23.4 Å². The highest BCUT2D eigenvalue weighted by atomic mass is 32.2. The van der Waals surface area contributed by atoms with Crippen LogP contribution in [0.2, 0.25) is 0 Å². The van der Waals surface area contributed by atoms with Crippen LogP contribution in [0.3, 0.4) is 0 Å². The van der Waals surface area contributed by atoms with Crippen LogP contribution in [0.25, 0.3) is 17.3 Å². The number of nitrogens with zero attached hydrogens (tertiary/aromatic N) is 3. The zero-order valence-electron chi connectivity index (χ0n) is 16.1. The first-order valence-corrected chi connectivity index (χ1v) is 10.2. The summed E-state index contributed by atoms with van der Waals surface area (Å²) in [4.78, 5) is 12.5. The van der Waals surface area contributed by atoms with Gasteiger partial charge in [0, 0.05) is 11.4 Å². The Morgan fingerprint density at radius 3 is 2.62 bits per heavy atom. The Kier molecular flexibility index (Phi) is 5.48. The highest BCUT2D eigenvalue weighted by Gasteiger charge is 2.19. The highest BCUT2D eigenvalue weighted by Crippen LogP contribution is 2.28. The van der Waals surface area contributed by atoms with Gasteiger partial charge in [0.25, 0.3) is 0 Å². The van der Waals surface area contributed by atoms with Crippen LogP contribution in [0, 0.1) is 13.8 Å². The Hall–Kier alpha value is -3.32. The molecule has 4 aromatic rings. The molecule has 0 bridgehead atoms. The number of nitrogens with one attached hydrogen (secondary N) is 1. The molecule has 0 unspecified atom stereocenters. The average molecular weight is 404 g/mol. The van der Waals surface area contributed by atoms with E-state index >= 15 is 0 Å². The van der Waals surface area contributed by atoms with Crippen molar-refractivity contribution in [3.05, 3.63) is 78.1 Å². The van der Waals surface area contributed by atoms with Crippen LogP contribution in [0.1, 0.15) is 11.1 Å². The lowest BCUT2D eigenvalue weighted by Gasteiger charge is -2.11. The number of aromatic nitrogens is 3. The van der Waals surface area contributed by atoms with Crippen molar-refractivity contribution in [3.8, 4) is 17.3 Å². The van der Waals surface area contributed by atoms with Gasteiger partial charge in [0.15, 0.2) is 10.9 Å². The molecule has 0 saturated heterocycles. The standard InChI is InChI=1S/C22H20N4O2S/c1-15-8-6-11-18(16(15)2)23-20(27)14-29-22-25-24-21(19-12-7-13-28-19)26(22)17-9-4-3-5-10-17/h3-13H,14H2,1-2H3,(H,23,27). The van der Waals surface area contributed by atoms with Gasteiger partial charge < -0.3 is 9.73 Å². The van der Waals surface area contributed by atoms with Gasteiger partial charge in [-0.2, -0.15) is 0 Å². The van der Waals surface area contributed by atoms with E-state index in [1.165, 1.54) is 11.8 Å². The first kappa shape index (κ1) is 19.0. The van der Waals surface area contributed by atoms with Gasteiger partial charge in [-0.05, 0) is 55.3 Å². The molecular formula is C22H20N4O2S. The summed E-state index contributed by atoms with van der Waals surface area (Å²) in [6, 6.07) is 19.3. The fourth-order valence-corrected chi connectivity index (χ4v) is 3.69. The number of furan rings is 1. The minimum absolute atomic E-state index is 0.0918. The van der Waals surface area contributed by atoms with E-state index < -0.39 is 0 Å². The van der Waals surface area contributed by atoms with E-state index in [2.05, 4.69) is 15.5 Å². The quantitative estimate of drug-likeness (QED) is 0.464. The average Bonchev–Trinajstić information content (AvgIpc) is 3.40. The van der Waals surface area contributed by atoms with Gasteiger partial charge >= 0.3 is 0 Å². The maximum atomic E-state index is 12.5. The second-order valence-electron chi connectivity index (χ2n) is 6.54. The molecule has 0 aliphatic rings. The number of para-hydroxylation sites is 1. The number of hydrogen-bond acceptors (Lipinski definition) is 5. The van der Waals surface area contributed by atoms with E-state index in [1.807, 2.05) is 79.1 Å². The number of aryl methyl sites for hydroxylation is 1. The molecule has 6 nitrogen and oxygen atoms in total. The van der Waals surface area contributed by atoms with E-state index in [4.69, 9.17) is 4.42 Å². The van der Waals surface area contributed by atoms with Crippen molar-refractivity contribution in [1.29, 1.82) is 0 Å². The fraction of sp³-hybridized carbons (Fsp3) is 0.136. The molecule has 0 aliphatic carbocycles. The predicted molar refractivity (Wildman–Crippen MR) is 114 cm³/mol. The number of rotatable bonds is 6. The Morgan fingerprint density at radius 1 is 1.03 bits per heavy atom. The summed E-state index contributed by atoms with van der Waals surface area (Å²) in [7, 11) is 0. The minimum Gasteiger partial charge on any atom is -0.461 e. The molecule has 0 atom stereocenters. The van der Waals surface area contributed by atoms with Gasteiger partial charge in [-0.25, -0.2) is 0 Å². The van der Waals surface area contributed by atoms with Crippen molar-refractivity contribution in [2.24, 2.45) is 0 Å². The number of thioether (sulfide) groups is 1. The topological polar surface area (TPSA) is 73.0 Å². The van der Waals surface area contributed by atoms with Crippen LogP contribution in [0.5, 0.6) is 0 Å². The van der Waals surface area contributed by atoms with Crippen molar-refractivity contribution in [2.45, 2.75) is 19.0 Å². The van der Waals surface area contributed by atoms with Gasteiger partial charge in [-0.3, -0.25) is 9.36 Å². The summed E-state index contributed by atoms with van der Waals surface area (Å²) >= 11 is 1.33. The van der Waals surface area contributed by atoms with Crippen molar-refractivity contribution in [2.75, 3.05) is 11.1 Å². The van der Waals surface area contributed by atoms with E-state index in [0.717, 1.165) is 22.5 Å². The lowest BCUT2D eigenvalue weighted by molar-refractivity contribution is -0.113. The maximum Gasteiger partial charge on any atom is 0.234 e. The third-order valence-electron chi connectivity index (χ3n) is 4.60. The number of amides is 1. The summed E-state index contributed by atoms with van der Waals surface area (Å²) < 4.78 is 7.41. The summed E-state index contributed by atoms with van der Waals surface area (Å²) in [5.74, 6) is 1.34. The molecule has 0 radical (unpaired) electrons. The largest absolute Gasteiger partial charge is 0.461 e. The molecule has 1 N–H and O–H groups in total. The Bertz CT molecular complexity index is 1120. The lowest BCUT2D eigenvalue weighted by Crippen LogP contribution is -2.15. The minimum atomic E-state index is -0.0918. The Labute approximate surface area is 173 Å². The lowest BCUT2D eigenvalue weighted by atomic mass is 10.1. The summed E-state index contributed by atoms with van der Waals surface area (Å²) in [5, 5.41) is 12.2. The molecule has 146 valence electrons. The predicted octanol–water partition coefficient (Wildman–Crippen LogP) is 4.87. The van der Waals surface area contributed by atoms with Gasteiger partial charge in [-0.1, -0.05) is 42.1 Å². The zero-order valence-corrected chi connectivity index (χ0v) is 16.9. The molecule has 0 spiro atoms. The first-order valence-electron chi connectivity index (χ1n) is 9.17. The van der Waals surface area contributed by atoms with Crippen LogP contribution in [-0.4, -0.2) is 26.4 Å². The van der Waals surface area contributed by atoms with Crippen LogP contribution in [0.4, 0.5) is 5.69 Å². The molecule has 0 fully saturated rings. The number of carbonyl (C=O) groups is 1. The number of hydrogen-bond donors (Lipinski definition) is 1. The normalized spacial score (nSPS) is 10.8. The van der Waals surface area contributed by atoms with Gasteiger partial charge in [-0.15, -0.1) is 10.2 Å². The van der Waals surface area contributed by atoms with Crippen LogP contribution >= 0.6 is 11.8 Å². The monoisotopic (exact) mass is 404 g/mol. The first-order chi connectivity index (χ1) is 14.1. The third-order valence-corrected chi connectivity index (χ3v) is 5.53. The Morgan fingerprint density at radius 2 is 1.86 bits per heavy atom. The number of carbonyl (C=O) groups excluding carboxylic acids is 1. The Balaban J connectivity index is 1.56. The highest BCUT2D eigenvalue weighted by molar-refractivity contribution is 7.99. The molecule has 7 heteroatoms. The van der Waals surface area contributed by atoms with E-state index in [1.54, 1.807) is 6.26 Å². The SMILES string of the molecule is Cc1cccc(NC(=O)CSc2nnc(-c3ccco3)n2-c2ccccc2)c1C. The summed E-state index contributed by atoms with van der Waals surface area (Å²) in [6.45, 7) is 4.03. The molecule has 2 aromatic heterocycles. The number of anilines is 1. The zero-order chi connectivity index (χ0) is 20.2. The van der Waals surface area contributed by atoms with Crippen molar-refractivity contribution in [1.82, 2.24) is 14.8 Å². The smallest absolute Gasteiger partial charge is 0.234 e. The summed E-state index contributed by atoms with van der Waals surface area (Å²) in [5.41, 5.74) is 3.94. The molecule has 0 saturated carbocycles. The van der Waals surface area contributed by atoms with E-state index in [9.17, 15) is 4.79 Å². The fourth-order valence-electron chi connectivity index (χ4n) is 2.94. The second-order valence-corrected chi connectivity index (χ2v) is 7.48. The van der Waals surface area contributed by atoms with Gasteiger partial charge in [0.1, 0.15) is 0 Å². The molecule has 0 aliphatic heterocycles. The van der Waals surface area contributed by atoms with Crippen LogP contribution in [-0.2, 0) is 4.79 Å². The summed E-state index contributed by atoms with van der Waals surface area (Å²) in [6.07, 6.45) is 1.60. The van der Waals surface area contributed by atoms with E-state index in [-0.39, 0.29) is 11.7 Å². The van der Waals surface area contributed by atoms with Gasteiger partial charge in [0.05, 0.1) is 12.0 Å². The van der Waals surface area contributed by atoms with Crippen LogP contribution < -0.4 is 5.32 Å². The second kappa shape index (κ2) is 8.36. The van der Waals surface area contributed by atoms with Crippen molar-refractivity contribution in [3.63, 3.8) is 0 Å².